The van der Waals surface area contributed by atoms with E-state index in [2.05, 4.69) is 10.3 Å². The van der Waals surface area contributed by atoms with Gasteiger partial charge in [0.25, 0.3) is 11.6 Å². The molecule has 2 amide bonds. The number of pyridine rings is 1. The first-order chi connectivity index (χ1) is 13.3. The molecule has 0 saturated carbocycles. The van der Waals surface area contributed by atoms with Gasteiger partial charge in [-0.15, -0.1) is 0 Å². The van der Waals surface area contributed by atoms with Crippen LogP contribution in [0.2, 0.25) is 10.0 Å². The van der Waals surface area contributed by atoms with Crippen LogP contribution in [0, 0.1) is 16.0 Å². The lowest BCUT2D eigenvalue weighted by atomic mass is 9.95. The van der Waals surface area contributed by atoms with Gasteiger partial charge in [0.05, 0.1) is 20.5 Å². The Kier molecular flexibility index (Phi) is 6.11. The number of hydrogen-bond donors (Lipinski definition) is 1. The van der Waals surface area contributed by atoms with Crippen LogP contribution in [0.3, 0.4) is 0 Å². The number of likely N-dealkylation sites (tertiary alicyclic amines) is 1. The zero-order valence-corrected chi connectivity index (χ0v) is 16.1. The van der Waals surface area contributed by atoms with Crippen LogP contribution in [0.15, 0.2) is 36.5 Å². The van der Waals surface area contributed by atoms with E-state index in [-0.39, 0.29) is 34.0 Å². The summed E-state index contributed by atoms with van der Waals surface area (Å²) in [5.74, 6) is -0.284. The molecule has 1 aromatic heterocycles. The molecule has 2 heterocycles. The van der Waals surface area contributed by atoms with E-state index < -0.39 is 4.92 Å². The Bertz CT molecular complexity index is 912. The summed E-state index contributed by atoms with van der Waals surface area (Å²) < 4.78 is 0. The standard InChI is InChI=1S/C18H16Cl2N4O4/c19-12-1-4-16(21-10-12)22-17(25)11-5-7-23(8-6-11)18(26)14-3-2-13(24(27)28)9-15(14)20/h1-4,9-11H,5-8H2,(H,21,22,25). The molecule has 1 saturated heterocycles. The first-order valence-corrected chi connectivity index (χ1v) is 9.26. The lowest BCUT2D eigenvalue weighted by Crippen LogP contribution is -2.41. The Labute approximate surface area is 170 Å². The van der Waals surface area contributed by atoms with E-state index in [0.29, 0.717) is 36.8 Å². The fraction of sp³-hybridized carbons (Fsp3) is 0.278. The summed E-state index contributed by atoms with van der Waals surface area (Å²) in [6, 6.07) is 7.02. The average molecular weight is 423 g/mol. The number of non-ortho nitro benzene ring substituents is 1. The molecule has 1 aromatic carbocycles. The van der Waals surface area contributed by atoms with E-state index in [4.69, 9.17) is 23.2 Å². The number of rotatable bonds is 4. The largest absolute Gasteiger partial charge is 0.339 e. The first kappa shape index (κ1) is 20.0. The van der Waals surface area contributed by atoms with Crippen molar-refractivity contribution in [1.29, 1.82) is 0 Å². The van der Waals surface area contributed by atoms with Crippen molar-refractivity contribution < 1.29 is 14.5 Å². The van der Waals surface area contributed by atoms with Gasteiger partial charge in [-0.2, -0.15) is 0 Å². The maximum atomic E-state index is 12.6. The quantitative estimate of drug-likeness (QED) is 0.595. The van der Waals surface area contributed by atoms with Crippen molar-refractivity contribution in [2.45, 2.75) is 12.8 Å². The molecule has 0 bridgehead atoms. The van der Waals surface area contributed by atoms with Gasteiger partial charge in [-0.3, -0.25) is 19.7 Å². The molecule has 1 fully saturated rings. The first-order valence-electron chi connectivity index (χ1n) is 8.51. The highest BCUT2D eigenvalue weighted by atomic mass is 35.5. The Morgan fingerprint density at radius 3 is 2.46 bits per heavy atom. The number of carbonyl (C=O) groups excluding carboxylic acids is 2. The van der Waals surface area contributed by atoms with Gasteiger partial charge in [0.1, 0.15) is 5.82 Å². The third-order valence-electron chi connectivity index (χ3n) is 4.53. The van der Waals surface area contributed by atoms with E-state index >= 15 is 0 Å². The lowest BCUT2D eigenvalue weighted by Gasteiger charge is -2.31. The monoisotopic (exact) mass is 422 g/mol. The summed E-state index contributed by atoms with van der Waals surface area (Å²) >= 11 is 11.8. The molecule has 0 atom stereocenters. The molecule has 2 aromatic rings. The molecule has 1 aliphatic heterocycles. The van der Waals surface area contributed by atoms with Crippen LogP contribution in [-0.4, -0.2) is 39.7 Å². The molecule has 0 unspecified atom stereocenters. The van der Waals surface area contributed by atoms with E-state index in [0.717, 1.165) is 6.07 Å². The van der Waals surface area contributed by atoms with Crippen molar-refractivity contribution in [2.24, 2.45) is 5.92 Å². The topological polar surface area (TPSA) is 105 Å². The highest BCUT2D eigenvalue weighted by Crippen LogP contribution is 2.26. The Hall–Kier alpha value is -2.71. The Morgan fingerprint density at radius 2 is 1.89 bits per heavy atom. The highest BCUT2D eigenvalue weighted by Gasteiger charge is 2.29. The fourth-order valence-electron chi connectivity index (χ4n) is 2.98. The van der Waals surface area contributed by atoms with Crippen LogP contribution < -0.4 is 5.32 Å². The minimum absolute atomic E-state index is 0.0351. The third-order valence-corrected chi connectivity index (χ3v) is 5.06. The van der Waals surface area contributed by atoms with Gasteiger partial charge in [0, 0.05) is 37.3 Å². The molecule has 0 spiro atoms. The fourth-order valence-corrected chi connectivity index (χ4v) is 3.35. The predicted molar refractivity (Wildman–Crippen MR) is 105 cm³/mol. The summed E-state index contributed by atoms with van der Waals surface area (Å²) in [4.78, 5) is 40.9. The van der Waals surface area contributed by atoms with Gasteiger partial charge in [0.15, 0.2) is 0 Å². The van der Waals surface area contributed by atoms with Gasteiger partial charge < -0.3 is 10.2 Å². The van der Waals surface area contributed by atoms with Crippen molar-refractivity contribution >= 4 is 46.5 Å². The van der Waals surface area contributed by atoms with Crippen molar-refractivity contribution in [1.82, 2.24) is 9.88 Å². The number of carbonyl (C=O) groups is 2. The summed E-state index contributed by atoms with van der Waals surface area (Å²) in [6.07, 6.45) is 2.44. The number of anilines is 1. The van der Waals surface area contributed by atoms with E-state index in [9.17, 15) is 19.7 Å². The van der Waals surface area contributed by atoms with Crippen molar-refractivity contribution in [3.05, 3.63) is 62.3 Å². The molecule has 8 nitrogen and oxygen atoms in total. The van der Waals surface area contributed by atoms with Gasteiger partial charge >= 0.3 is 0 Å². The zero-order chi connectivity index (χ0) is 20.3. The Balaban J connectivity index is 1.58. The maximum absolute atomic E-state index is 12.6. The molecule has 28 heavy (non-hydrogen) atoms. The number of nitrogens with one attached hydrogen (secondary N) is 1. The molecule has 0 radical (unpaired) electrons. The van der Waals surface area contributed by atoms with E-state index in [1.807, 2.05) is 0 Å². The molecular weight excluding hydrogens is 407 g/mol. The van der Waals surface area contributed by atoms with Crippen LogP contribution in [-0.2, 0) is 4.79 Å². The second kappa shape index (κ2) is 8.53. The molecule has 10 heteroatoms. The lowest BCUT2D eigenvalue weighted by molar-refractivity contribution is -0.384. The normalized spacial score (nSPS) is 14.6. The Morgan fingerprint density at radius 1 is 1.18 bits per heavy atom. The van der Waals surface area contributed by atoms with Gasteiger partial charge in [-0.25, -0.2) is 4.98 Å². The van der Waals surface area contributed by atoms with E-state index in [1.54, 1.807) is 17.0 Å². The van der Waals surface area contributed by atoms with E-state index in [1.165, 1.54) is 18.3 Å². The molecule has 3 rings (SSSR count). The second-order valence-corrected chi connectivity index (χ2v) is 7.18. The number of halogens is 2. The summed E-state index contributed by atoms with van der Waals surface area (Å²) in [5, 5.41) is 14.0. The molecule has 146 valence electrons. The number of benzene rings is 1. The van der Waals surface area contributed by atoms with Gasteiger partial charge in [-0.05, 0) is 31.0 Å². The van der Waals surface area contributed by atoms with Crippen LogP contribution in [0.4, 0.5) is 11.5 Å². The number of nitro benzene ring substituents is 1. The second-order valence-electron chi connectivity index (χ2n) is 6.34. The number of amides is 2. The average Bonchev–Trinajstić information content (AvgIpc) is 2.69. The predicted octanol–water partition coefficient (Wildman–Crippen LogP) is 3.79. The summed E-state index contributed by atoms with van der Waals surface area (Å²) in [6.45, 7) is 0.774. The molecule has 1 aliphatic rings. The van der Waals surface area contributed by atoms with Crippen LogP contribution in [0.5, 0.6) is 0 Å². The molecular formula is C18H16Cl2N4O4. The van der Waals surface area contributed by atoms with Gasteiger partial charge in [0.2, 0.25) is 5.91 Å². The number of nitrogens with zero attached hydrogens (tertiary/aromatic N) is 3. The SMILES string of the molecule is O=C(Nc1ccc(Cl)cn1)C1CCN(C(=O)c2ccc([N+](=O)[O-])cc2Cl)CC1. The minimum atomic E-state index is -0.570. The van der Waals surface area contributed by atoms with Crippen LogP contribution in [0.1, 0.15) is 23.2 Å². The smallest absolute Gasteiger partial charge is 0.270 e. The third kappa shape index (κ3) is 4.58. The number of hydrogen-bond acceptors (Lipinski definition) is 5. The number of piperidine rings is 1. The highest BCUT2D eigenvalue weighted by molar-refractivity contribution is 6.34. The zero-order valence-electron chi connectivity index (χ0n) is 14.6. The van der Waals surface area contributed by atoms with Crippen LogP contribution in [0.25, 0.3) is 0 Å². The minimum Gasteiger partial charge on any atom is -0.339 e. The maximum Gasteiger partial charge on any atom is 0.270 e. The van der Waals surface area contributed by atoms with Crippen molar-refractivity contribution in [3.63, 3.8) is 0 Å². The van der Waals surface area contributed by atoms with Crippen molar-refractivity contribution in [3.8, 4) is 0 Å². The summed E-state index contributed by atoms with van der Waals surface area (Å²) in [7, 11) is 0. The van der Waals surface area contributed by atoms with Crippen molar-refractivity contribution in [2.75, 3.05) is 18.4 Å². The molecule has 1 N–H and O–H groups in total. The molecule has 0 aliphatic carbocycles. The van der Waals surface area contributed by atoms with Crippen LogP contribution >= 0.6 is 23.2 Å². The number of aromatic nitrogens is 1. The number of nitro groups is 1. The summed E-state index contributed by atoms with van der Waals surface area (Å²) in [5.41, 5.74) is 0.0354. The van der Waals surface area contributed by atoms with Gasteiger partial charge in [-0.1, -0.05) is 23.2 Å².